The maximum Gasteiger partial charge on any atom is 0.251 e. The van der Waals surface area contributed by atoms with Crippen LogP contribution in [-0.2, 0) is 7.05 Å². The summed E-state index contributed by atoms with van der Waals surface area (Å²) in [5.74, 6) is -0.132. The average Bonchev–Trinajstić information content (AvgIpc) is 3.23. The summed E-state index contributed by atoms with van der Waals surface area (Å²) >= 11 is 11.9. The number of hydrogen-bond donors (Lipinski definition) is 1. The fraction of sp³-hybridized carbons (Fsp3) is 0.389. The van der Waals surface area contributed by atoms with Gasteiger partial charge in [-0.2, -0.15) is 0 Å². The summed E-state index contributed by atoms with van der Waals surface area (Å²) in [6.45, 7) is 2.70. The molecule has 0 bridgehead atoms. The van der Waals surface area contributed by atoms with Gasteiger partial charge in [0, 0.05) is 31.0 Å². The van der Waals surface area contributed by atoms with Crippen molar-refractivity contribution in [1.82, 2.24) is 14.8 Å². The Hall–Kier alpha value is -1.49. The van der Waals surface area contributed by atoms with Crippen LogP contribution in [0.1, 0.15) is 34.9 Å². The highest BCUT2D eigenvalue weighted by atomic mass is 35.5. The number of carbonyl (C=O) groups is 1. The van der Waals surface area contributed by atoms with Crippen molar-refractivity contribution in [3.8, 4) is 0 Å². The lowest BCUT2D eigenvalue weighted by Gasteiger charge is -2.28. The van der Waals surface area contributed by atoms with E-state index in [4.69, 9.17) is 23.2 Å². The number of nitrogens with one attached hydrogen (secondary N) is 1. The van der Waals surface area contributed by atoms with Gasteiger partial charge in [0.05, 0.1) is 16.1 Å². The molecule has 1 N–H and O–H groups in total. The number of amides is 1. The monoisotopic (exact) mass is 365 g/mol. The number of likely N-dealkylation sites (tertiary alicyclic amines) is 1. The van der Waals surface area contributed by atoms with Gasteiger partial charge in [-0.15, -0.1) is 0 Å². The molecule has 3 rings (SSSR count). The number of hydrogen-bond acceptors (Lipinski definition) is 2. The lowest BCUT2D eigenvalue weighted by Crippen LogP contribution is -2.37. The summed E-state index contributed by atoms with van der Waals surface area (Å²) in [4.78, 5) is 14.9. The molecule has 0 spiro atoms. The van der Waals surface area contributed by atoms with Crippen LogP contribution >= 0.6 is 23.2 Å². The molecule has 24 heavy (non-hydrogen) atoms. The van der Waals surface area contributed by atoms with Gasteiger partial charge in [0.15, 0.2) is 0 Å². The quantitative estimate of drug-likeness (QED) is 0.872. The first-order valence-corrected chi connectivity index (χ1v) is 8.90. The molecule has 0 aliphatic carbocycles. The van der Waals surface area contributed by atoms with E-state index >= 15 is 0 Å². The van der Waals surface area contributed by atoms with Crippen LogP contribution in [0, 0.1) is 0 Å². The minimum absolute atomic E-state index is 0.132. The number of carbonyl (C=O) groups excluding carboxylic acids is 1. The largest absolute Gasteiger partial charge is 0.353 e. The van der Waals surface area contributed by atoms with Crippen LogP contribution in [0.3, 0.4) is 0 Å². The van der Waals surface area contributed by atoms with E-state index < -0.39 is 0 Å². The second kappa shape index (κ2) is 7.60. The lowest BCUT2D eigenvalue weighted by molar-refractivity contribution is 0.0936. The van der Waals surface area contributed by atoms with Crippen molar-refractivity contribution in [3.63, 3.8) is 0 Å². The van der Waals surface area contributed by atoms with Crippen LogP contribution in [0.5, 0.6) is 0 Å². The maximum absolute atomic E-state index is 12.4. The SMILES string of the molecule is Cn1cccc1[C@H](CNC(=O)c1ccc(Cl)c(Cl)c1)N1CCCC1. The first-order valence-electron chi connectivity index (χ1n) is 8.15. The molecule has 0 radical (unpaired) electrons. The van der Waals surface area contributed by atoms with Gasteiger partial charge in [0.25, 0.3) is 5.91 Å². The third-order valence-corrected chi connectivity index (χ3v) is 5.28. The number of nitrogens with zero attached hydrogens (tertiary/aromatic N) is 2. The molecule has 0 unspecified atom stereocenters. The second-order valence-corrected chi connectivity index (χ2v) is 6.96. The molecule has 6 heteroatoms. The van der Waals surface area contributed by atoms with Gasteiger partial charge in [0.1, 0.15) is 0 Å². The van der Waals surface area contributed by atoms with Crippen molar-refractivity contribution in [2.24, 2.45) is 7.05 Å². The smallest absolute Gasteiger partial charge is 0.251 e. The van der Waals surface area contributed by atoms with Crippen LogP contribution in [0.15, 0.2) is 36.5 Å². The van der Waals surface area contributed by atoms with E-state index in [-0.39, 0.29) is 11.9 Å². The topological polar surface area (TPSA) is 37.3 Å². The molecule has 1 saturated heterocycles. The molecule has 4 nitrogen and oxygen atoms in total. The Bertz CT molecular complexity index is 723. The number of aromatic nitrogens is 1. The summed E-state index contributed by atoms with van der Waals surface area (Å²) in [6.07, 6.45) is 4.46. The molecule has 1 aromatic carbocycles. The number of aryl methyl sites for hydroxylation is 1. The number of rotatable bonds is 5. The lowest BCUT2D eigenvalue weighted by atomic mass is 10.1. The van der Waals surface area contributed by atoms with Crippen LogP contribution in [-0.4, -0.2) is 35.0 Å². The molecule has 1 amide bonds. The summed E-state index contributed by atoms with van der Waals surface area (Å²) in [6, 6.07) is 9.28. The Morgan fingerprint density at radius 3 is 2.58 bits per heavy atom. The molecular formula is C18H21Cl2N3O. The summed E-state index contributed by atoms with van der Waals surface area (Å²) in [7, 11) is 2.04. The summed E-state index contributed by atoms with van der Waals surface area (Å²) < 4.78 is 2.12. The Kier molecular flexibility index (Phi) is 5.49. The normalized spacial score (nSPS) is 16.3. The molecule has 1 aliphatic heterocycles. The molecule has 1 atom stereocenters. The molecule has 1 aromatic heterocycles. The maximum atomic E-state index is 12.4. The summed E-state index contributed by atoms with van der Waals surface area (Å²) in [5.41, 5.74) is 1.74. The van der Waals surface area contributed by atoms with Gasteiger partial charge >= 0.3 is 0 Å². The standard InChI is InChI=1S/C18H21Cl2N3O/c1-22-8-4-5-16(22)17(23-9-2-3-10-23)12-21-18(24)13-6-7-14(19)15(20)11-13/h4-8,11,17H,2-3,9-10,12H2,1H3,(H,21,24)/t17-/m0/s1. The zero-order valence-electron chi connectivity index (χ0n) is 13.6. The van der Waals surface area contributed by atoms with Gasteiger partial charge in [-0.1, -0.05) is 23.2 Å². The van der Waals surface area contributed by atoms with Gasteiger partial charge in [-0.05, 0) is 56.3 Å². The predicted octanol–water partition coefficient (Wildman–Crippen LogP) is 3.90. The summed E-state index contributed by atoms with van der Waals surface area (Å²) in [5, 5.41) is 3.88. The molecule has 2 heterocycles. The zero-order valence-corrected chi connectivity index (χ0v) is 15.1. The van der Waals surface area contributed by atoms with Crippen molar-refractivity contribution in [1.29, 1.82) is 0 Å². The van der Waals surface area contributed by atoms with Gasteiger partial charge in [-0.25, -0.2) is 0 Å². The Morgan fingerprint density at radius 2 is 1.96 bits per heavy atom. The van der Waals surface area contributed by atoms with Crippen LogP contribution < -0.4 is 5.32 Å². The molecule has 128 valence electrons. The minimum Gasteiger partial charge on any atom is -0.353 e. The highest BCUT2D eigenvalue weighted by Gasteiger charge is 2.25. The van der Waals surface area contributed by atoms with Crippen molar-refractivity contribution in [2.45, 2.75) is 18.9 Å². The van der Waals surface area contributed by atoms with E-state index in [2.05, 4.69) is 20.9 Å². The molecule has 0 saturated carbocycles. The van der Waals surface area contributed by atoms with E-state index in [0.29, 0.717) is 22.2 Å². The Labute approximate surface area is 152 Å². The fourth-order valence-corrected chi connectivity index (χ4v) is 3.52. The van der Waals surface area contributed by atoms with Crippen molar-refractivity contribution >= 4 is 29.1 Å². The fourth-order valence-electron chi connectivity index (χ4n) is 3.22. The van der Waals surface area contributed by atoms with Gasteiger partial charge in [-0.3, -0.25) is 9.69 Å². The Morgan fingerprint density at radius 1 is 1.21 bits per heavy atom. The first-order chi connectivity index (χ1) is 11.6. The Balaban J connectivity index is 1.72. The third-order valence-electron chi connectivity index (χ3n) is 4.54. The van der Waals surface area contributed by atoms with Crippen molar-refractivity contribution in [2.75, 3.05) is 19.6 Å². The molecule has 1 aliphatic rings. The number of halogens is 2. The predicted molar refractivity (Wildman–Crippen MR) is 97.8 cm³/mol. The minimum atomic E-state index is -0.132. The highest BCUT2D eigenvalue weighted by molar-refractivity contribution is 6.42. The van der Waals surface area contributed by atoms with E-state index in [9.17, 15) is 4.79 Å². The second-order valence-electron chi connectivity index (χ2n) is 6.14. The van der Waals surface area contributed by atoms with Crippen molar-refractivity contribution in [3.05, 3.63) is 57.8 Å². The number of benzene rings is 1. The molecule has 2 aromatic rings. The van der Waals surface area contributed by atoms with E-state index in [1.165, 1.54) is 18.5 Å². The third kappa shape index (κ3) is 3.77. The van der Waals surface area contributed by atoms with Crippen LogP contribution in [0.4, 0.5) is 0 Å². The van der Waals surface area contributed by atoms with Crippen LogP contribution in [0.2, 0.25) is 10.0 Å². The van der Waals surface area contributed by atoms with Gasteiger partial charge in [0.2, 0.25) is 0 Å². The molecule has 1 fully saturated rings. The molecular weight excluding hydrogens is 345 g/mol. The van der Waals surface area contributed by atoms with E-state index in [1.807, 2.05) is 19.3 Å². The van der Waals surface area contributed by atoms with E-state index in [0.717, 1.165) is 13.1 Å². The van der Waals surface area contributed by atoms with Gasteiger partial charge < -0.3 is 9.88 Å². The van der Waals surface area contributed by atoms with Crippen molar-refractivity contribution < 1.29 is 4.79 Å². The average molecular weight is 366 g/mol. The zero-order chi connectivity index (χ0) is 17.1. The van der Waals surface area contributed by atoms with E-state index in [1.54, 1.807) is 18.2 Å². The highest BCUT2D eigenvalue weighted by Crippen LogP contribution is 2.25. The first kappa shape index (κ1) is 17.3. The van der Waals surface area contributed by atoms with Crippen LogP contribution in [0.25, 0.3) is 0 Å².